The summed E-state index contributed by atoms with van der Waals surface area (Å²) in [5, 5.41) is 0. The normalized spacial score (nSPS) is 24.7. The van der Waals surface area contributed by atoms with Gasteiger partial charge in [-0.2, -0.15) is 4.31 Å². The topological polar surface area (TPSA) is 66.6 Å². The fourth-order valence-electron chi connectivity index (χ4n) is 3.42. The van der Waals surface area contributed by atoms with E-state index in [0.29, 0.717) is 29.7 Å². The number of sulfonamides is 1. The number of anilines is 1. The van der Waals surface area contributed by atoms with Crippen LogP contribution in [0.1, 0.15) is 24.8 Å². The standard InChI is InChI=1S/C15H23N3O2S/c1-12-5-6-13(16)10-15(12)21(19,20)18-9-3-8-17-7-2-4-14(17)11-18/h5-6,10,14H,2-4,7-9,11,16H2,1H3. The zero-order valence-electron chi connectivity index (χ0n) is 12.5. The number of fused-ring (bicyclic) bond motifs is 1. The van der Waals surface area contributed by atoms with Gasteiger partial charge < -0.3 is 5.73 Å². The predicted octanol–water partition coefficient (Wildman–Crippen LogP) is 1.44. The van der Waals surface area contributed by atoms with Gasteiger partial charge in [0.05, 0.1) is 4.90 Å². The lowest BCUT2D eigenvalue weighted by Gasteiger charge is -2.25. The molecule has 0 saturated carbocycles. The summed E-state index contributed by atoms with van der Waals surface area (Å²) in [5.41, 5.74) is 7.04. The van der Waals surface area contributed by atoms with E-state index in [4.69, 9.17) is 5.73 Å². The number of nitrogen functional groups attached to an aromatic ring is 1. The van der Waals surface area contributed by atoms with Gasteiger partial charge in [0.25, 0.3) is 0 Å². The van der Waals surface area contributed by atoms with Gasteiger partial charge in [-0.1, -0.05) is 6.07 Å². The van der Waals surface area contributed by atoms with E-state index >= 15 is 0 Å². The van der Waals surface area contributed by atoms with Gasteiger partial charge >= 0.3 is 0 Å². The minimum absolute atomic E-state index is 0.356. The number of nitrogens with two attached hydrogens (primary N) is 1. The van der Waals surface area contributed by atoms with Crippen molar-refractivity contribution in [2.75, 3.05) is 31.9 Å². The molecular formula is C15H23N3O2S. The molecule has 0 amide bonds. The largest absolute Gasteiger partial charge is 0.399 e. The van der Waals surface area contributed by atoms with Crippen molar-refractivity contribution >= 4 is 15.7 Å². The third kappa shape index (κ3) is 2.80. The molecule has 0 radical (unpaired) electrons. The van der Waals surface area contributed by atoms with E-state index in [9.17, 15) is 8.42 Å². The van der Waals surface area contributed by atoms with E-state index in [0.717, 1.165) is 31.5 Å². The Morgan fingerprint density at radius 3 is 2.76 bits per heavy atom. The summed E-state index contributed by atoms with van der Waals surface area (Å²) in [5.74, 6) is 0. The van der Waals surface area contributed by atoms with Crippen LogP contribution < -0.4 is 5.73 Å². The number of aryl methyl sites for hydroxylation is 1. The zero-order chi connectivity index (χ0) is 15.0. The maximum Gasteiger partial charge on any atom is 0.243 e. The molecule has 2 aliphatic heterocycles. The molecule has 0 aliphatic carbocycles. The maximum absolute atomic E-state index is 13.0. The Bertz CT molecular complexity index is 630. The van der Waals surface area contributed by atoms with E-state index in [2.05, 4.69) is 4.90 Å². The monoisotopic (exact) mass is 309 g/mol. The van der Waals surface area contributed by atoms with Crippen molar-refractivity contribution < 1.29 is 8.42 Å². The van der Waals surface area contributed by atoms with Gasteiger partial charge in [0.1, 0.15) is 0 Å². The summed E-state index contributed by atoms with van der Waals surface area (Å²) in [6, 6.07) is 5.49. The van der Waals surface area contributed by atoms with Crippen molar-refractivity contribution in [1.82, 2.24) is 9.21 Å². The molecule has 1 aromatic rings. The Kier molecular flexibility index (Phi) is 3.94. The van der Waals surface area contributed by atoms with Gasteiger partial charge in [-0.25, -0.2) is 8.42 Å². The van der Waals surface area contributed by atoms with Crippen molar-refractivity contribution in [3.63, 3.8) is 0 Å². The second kappa shape index (κ2) is 5.59. The van der Waals surface area contributed by atoms with Crippen LogP contribution in [0.15, 0.2) is 23.1 Å². The lowest BCUT2D eigenvalue weighted by molar-refractivity contribution is 0.257. The SMILES string of the molecule is Cc1ccc(N)cc1S(=O)(=O)N1CCCN2CCCC2C1. The summed E-state index contributed by atoms with van der Waals surface area (Å²) in [6.45, 7) is 5.15. The van der Waals surface area contributed by atoms with Crippen molar-refractivity contribution in [2.24, 2.45) is 0 Å². The number of hydrogen-bond donors (Lipinski definition) is 1. The Labute approximate surface area is 126 Å². The van der Waals surface area contributed by atoms with Crippen LogP contribution >= 0.6 is 0 Å². The molecule has 2 heterocycles. The second-order valence-electron chi connectivity index (χ2n) is 6.07. The minimum atomic E-state index is -3.45. The zero-order valence-corrected chi connectivity index (χ0v) is 13.3. The molecule has 2 saturated heterocycles. The van der Waals surface area contributed by atoms with Crippen LogP contribution in [-0.2, 0) is 10.0 Å². The van der Waals surface area contributed by atoms with Crippen LogP contribution in [0.4, 0.5) is 5.69 Å². The highest BCUT2D eigenvalue weighted by atomic mass is 32.2. The molecule has 0 spiro atoms. The lowest BCUT2D eigenvalue weighted by Crippen LogP contribution is -2.39. The first-order chi connectivity index (χ1) is 9.98. The van der Waals surface area contributed by atoms with E-state index in [1.807, 2.05) is 6.92 Å². The van der Waals surface area contributed by atoms with Crippen LogP contribution in [0.3, 0.4) is 0 Å². The van der Waals surface area contributed by atoms with Gasteiger partial charge in [0.2, 0.25) is 10.0 Å². The number of nitrogens with zero attached hydrogens (tertiary/aromatic N) is 2. The fraction of sp³-hybridized carbons (Fsp3) is 0.600. The molecule has 1 aromatic carbocycles. The summed E-state index contributed by atoms with van der Waals surface area (Å²) < 4.78 is 27.6. The Hall–Kier alpha value is -1.11. The minimum Gasteiger partial charge on any atom is -0.399 e. The van der Waals surface area contributed by atoms with Gasteiger partial charge in [0, 0.05) is 24.8 Å². The summed E-state index contributed by atoms with van der Waals surface area (Å²) in [4.78, 5) is 2.79. The molecule has 1 atom stereocenters. The molecule has 1 unspecified atom stereocenters. The molecular weight excluding hydrogens is 286 g/mol. The van der Waals surface area contributed by atoms with E-state index in [1.54, 1.807) is 22.5 Å². The first kappa shape index (κ1) is 14.8. The Morgan fingerprint density at radius 2 is 1.95 bits per heavy atom. The quantitative estimate of drug-likeness (QED) is 0.840. The molecule has 2 fully saturated rings. The lowest BCUT2D eigenvalue weighted by atomic mass is 10.2. The van der Waals surface area contributed by atoms with Gasteiger partial charge in [-0.05, 0) is 57.0 Å². The highest BCUT2D eigenvalue weighted by molar-refractivity contribution is 7.89. The molecule has 116 valence electrons. The van der Waals surface area contributed by atoms with Gasteiger partial charge in [0.15, 0.2) is 0 Å². The Morgan fingerprint density at radius 1 is 1.19 bits per heavy atom. The predicted molar refractivity (Wildman–Crippen MR) is 83.6 cm³/mol. The second-order valence-corrected chi connectivity index (χ2v) is 7.98. The van der Waals surface area contributed by atoms with Crippen LogP contribution in [-0.4, -0.2) is 49.8 Å². The highest BCUT2D eigenvalue weighted by Crippen LogP contribution is 2.27. The van der Waals surface area contributed by atoms with Crippen LogP contribution in [0.2, 0.25) is 0 Å². The number of hydrogen-bond acceptors (Lipinski definition) is 4. The molecule has 0 aromatic heterocycles. The Balaban J connectivity index is 1.92. The maximum atomic E-state index is 13.0. The average molecular weight is 309 g/mol. The first-order valence-corrected chi connectivity index (χ1v) is 9.03. The molecule has 2 aliphatic rings. The number of benzene rings is 1. The van der Waals surface area contributed by atoms with Crippen LogP contribution in [0.5, 0.6) is 0 Å². The third-order valence-corrected chi connectivity index (χ3v) is 6.60. The van der Waals surface area contributed by atoms with E-state index < -0.39 is 10.0 Å². The summed E-state index contributed by atoms with van der Waals surface area (Å²) in [6.07, 6.45) is 3.18. The van der Waals surface area contributed by atoms with Gasteiger partial charge in [-0.3, -0.25) is 4.90 Å². The summed E-state index contributed by atoms with van der Waals surface area (Å²) in [7, 11) is -3.45. The molecule has 21 heavy (non-hydrogen) atoms. The van der Waals surface area contributed by atoms with Gasteiger partial charge in [-0.15, -0.1) is 0 Å². The van der Waals surface area contributed by atoms with E-state index in [1.165, 1.54) is 6.42 Å². The van der Waals surface area contributed by atoms with Crippen molar-refractivity contribution in [3.8, 4) is 0 Å². The van der Waals surface area contributed by atoms with Crippen molar-refractivity contribution in [1.29, 1.82) is 0 Å². The third-order valence-electron chi connectivity index (χ3n) is 4.60. The summed E-state index contributed by atoms with van der Waals surface area (Å²) >= 11 is 0. The first-order valence-electron chi connectivity index (χ1n) is 7.59. The van der Waals surface area contributed by atoms with Crippen LogP contribution in [0, 0.1) is 6.92 Å². The molecule has 3 rings (SSSR count). The highest BCUT2D eigenvalue weighted by Gasteiger charge is 2.34. The van der Waals surface area contributed by atoms with Crippen LogP contribution in [0.25, 0.3) is 0 Å². The van der Waals surface area contributed by atoms with E-state index in [-0.39, 0.29) is 0 Å². The molecule has 2 N–H and O–H groups in total. The fourth-order valence-corrected chi connectivity index (χ4v) is 5.20. The number of rotatable bonds is 2. The van der Waals surface area contributed by atoms with Crippen molar-refractivity contribution in [2.45, 2.75) is 37.1 Å². The molecule has 5 nitrogen and oxygen atoms in total. The molecule has 6 heteroatoms. The average Bonchev–Trinajstić information content (AvgIpc) is 2.78. The molecule has 0 bridgehead atoms. The smallest absolute Gasteiger partial charge is 0.243 e. The van der Waals surface area contributed by atoms with Crippen molar-refractivity contribution in [3.05, 3.63) is 23.8 Å².